The van der Waals surface area contributed by atoms with Crippen LogP contribution in [-0.2, 0) is 11.2 Å². The van der Waals surface area contributed by atoms with E-state index in [-0.39, 0.29) is 18.5 Å². The molecule has 3 heteroatoms. The molecular weight excluding hydrogens is 216 g/mol. The topological polar surface area (TPSA) is 46.5 Å². The van der Waals surface area contributed by atoms with Gasteiger partial charge in [-0.2, -0.15) is 0 Å². The smallest absolute Gasteiger partial charge is 0.337 e. The first kappa shape index (κ1) is 13.7. The average Bonchev–Trinajstić information content (AvgIpc) is 2.37. The predicted octanol–water partition coefficient (Wildman–Crippen LogP) is 2.28. The lowest BCUT2D eigenvalue weighted by atomic mass is 9.90. The van der Waals surface area contributed by atoms with Crippen LogP contribution in [0.5, 0.6) is 0 Å². The van der Waals surface area contributed by atoms with Gasteiger partial charge in [-0.25, -0.2) is 4.79 Å². The van der Waals surface area contributed by atoms with Crippen LogP contribution in [-0.4, -0.2) is 24.8 Å². The van der Waals surface area contributed by atoms with E-state index in [1.165, 1.54) is 12.7 Å². The van der Waals surface area contributed by atoms with Gasteiger partial charge in [-0.3, -0.25) is 0 Å². The summed E-state index contributed by atoms with van der Waals surface area (Å²) in [4.78, 5) is 11.2. The second kappa shape index (κ2) is 6.40. The van der Waals surface area contributed by atoms with Gasteiger partial charge in [0.05, 0.1) is 12.7 Å². The molecule has 2 atom stereocenters. The number of benzene rings is 1. The second-order valence-corrected chi connectivity index (χ2v) is 4.53. The van der Waals surface area contributed by atoms with Gasteiger partial charge in [0.2, 0.25) is 0 Å². The highest BCUT2D eigenvalue weighted by molar-refractivity contribution is 5.89. The van der Waals surface area contributed by atoms with Gasteiger partial charge in [0, 0.05) is 6.61 Å². The maximum absolute atomic E-state index is 11.2. The normalized spacial score (nSPS) is 14.1. The predicted molar refractivity (Wildman–Crippen MR) is 66.9 cm³/mol. The number of hydrogen-bond donors (Lipinski definition) is 1. The Morgan fingerprint density at radius 1 is 1.24 bits per heavy atom. The fourth-order valence-corrected chi connectivity index (χ4v) is 1.65. The van der Waals surface area contributed by atoms with Crippen LogP contribution in [0, 0.1) is 11.8 Å². The van der Waals surface area contributed by atoms with Gasteiger partial charge >= 0.3 is 5.97 Å². The molecule has 2 unspecified atom stereocenters. The summed E-state index contributed by atoms with van der Waals surface area (Å²) >= 11 is 0. The summed E-state index contributed by atoms with van der Waals surface area (Å²) in [7, 11) is 1.38. The summed E-state index contributed by atoms with van der Waals surface area (Å²) in [6.45, 7) is 4.37. The molecule has 0 heterocycles. The fraction of sp³-hybridized carbons (Fsp3) is 0.500. The molecule has 1 aromatic carbocycles. The van der Waals surface area contributed by atoms with Crippen molar-refractivity contribution in [3.8, 4) is 0 Å². The molecule has 0 radical (unpaired) electrons. The summed E-state index contributed by atoms with van der Waals surface area (Å²) in [6.07, 6.45) is 0.906. The molecule has 0 saturated heterocycles. The molecule has 1 N–H and O–H groups in total. The molecular formula is C14H20O3. The number of aliphatic hydroxyl groups excluding tert-OH is 1. The highest BCUT2D eigenvalue weighted by Gasteiger charge is 2.12. The zero-order valence-electron chi connectivity index (χ0n) is 10.6. The molecule has 0 aromatic heterocycles. The highest BCUT2D eigenvalue weighted by atomic mass is 16.5. The Labute approximate surface area is 102 Å². The van der Waals surface area contributed by atoms with Gasteiger partial charge in [0.1, 0.15) is 0 Å². The van der Waals surface area contributed by atoms with E-state index in [2.05, 4.69) is 11.7 Å². The molecule has 0 aliphatic heterocycles. The minimum atomic E-state index is -0.312. The van der Waals surface area contributed by atoms with Crippen LogP contribution in [0.3, 0.4) is 0 Å². The van der Waals surface area contributed by atoms with Crippen LogP contribution in [0.15, 0.2) is 24.3 Å². The van der Waals surface area contributed by atoms with E-state index in [1.807, 2.05) is 19.1 Å². The van der Waals surface area contributed by atoms with Gasteiger partial charge in [0.25, 0.3) is 0 Å². The number of aliphatic hydroxyl groups is 1. The Morgan fingerprint density at radius 3 is 2.29 bits per heavy atom. The largest absolute Gasteiger partial charge is 0.465 e. The number of methoxy groups -OCH3 is 1. The molecule has 0 fully saturated rings. The lowest BCUT2D eigenvalue weighted by Gasteiger charge is -2.17. The monoisotopic (exact) mass is 236 g/mol. The highest BCUT2D eigenvalue weighted by Crippen LogP contribution is 2.17. The number of carbonyl (C=O) groups is 1. The zero-order valence-corrected chi connectivity index (χ0v) is 10.6. The second-order valence-electron chi connectivity index (χ2n) is 4.53. The standard InChI is InChI=1S/C14H20O3/c1-10(11(2)9-15)8-12-4-6-13(7-5-12)14(16)17-3/h4-7,10-11,15H,8-9H2,1-3H3. The molecule has 94 valence electrons. The molecule has 0 amide bonds. The van der Waals surface area contributed by atoms with Crippen LogP contribution in [0.25, 0.3) is 0 Å². The first-order chi connectivity index (χ1) is 8.08. The first-order valence-electron chi connectivity index (χ1n) is 5.86. The number of hydrogen-bond acceptors (Lipinski definition) is 3. The quantitative estimate of drug-likeness (QED) is 0.798. The van der Waals surface area contributed by atoms with E-state index in [0.717, 1.165) is 6.42 Å². The van der Waals surface area contributed by atoms with Crippen LogP contribution in [0.2, 0.25) is 0 Å². The third-order valence-electron chi connectivity index (χ3n) is 3.19. The van der Waals surface area contributed by atoms with Crippen molar-refractivity contribution in [2.75, 3.05) is 13.7 Å². The minimum absolute atomic E-state index is 0.210. The summed E-state index contributed by atoms with van der Waals surface area (Å²) < 4.78 is 4.64. The van der Waals surface area contributed by atoms with Crippen LogP contribution in [0.4, 0.5) is 0 Å². The Hall–Kier alpha value is -1.35. The van der Waals surface area contributed by atoms with E-state index in [0.29, 0.717) is 11.5 Å². The minimum Gasteiger partial charge on any atom is -0.465 e. The molecule has 1 rings (SSSR count). The molecule has 3 nitrogen and oxygen atoms in total. The molecule has 0 bridgehead atoms. The zero-order chi connectivity index (χ0) is 12.8. The Kier molecular flexibility index (Phi) is 5.16. The Morgan fingerprint density at radius 2 is 1.82 bits per heavy atom. The molecule has 17 heavy (non-hydrogen) atoms. The van der Waals surface area contributed by atoms with Crippen LogP contribution >= 0.6 is 0 Å². The van der Waals surface area contributed by atoms with Gasteiger partial charge in [-0.15, -0.1) is 0 Å². The average molecular weight is 236 g/mol. The van der Waals surface area contributed by atoms with Gasteiger partial charge in [-0.05, 0) is 36.0 Å². The van der Waals surface area contributed by atoms with Crippen molar-refractivity contribution in [2.24, 2.45) is 11.8 Å². The molecule has 1 aromatic rings. The first-order valence-corrected chi connectivity index (χ1v) is 5.86. The van der Waals surface area contributed by atoms with Crippen LogP contribution < -0.4 is 0 Å². The van der Waals surface area contributed by atoms with Crippen molar-refractivity contribution in [2.45, 2.75) is 20.3 Å². The Balaban J connectivity index is 2.65. The van der Waals surface area contributed by atoms with Crippen molar-refractivity contribution in [1.82, 2.24) is 0 Å². The molecule has 0 aliphatic carbocycles. The van der Waals surface area contributed by atoms with Gasteiger partial charge in [-0.1, -0.05) is 26.0 Å². The SMILES string of the molecule is COC(=O)c1ccc(CC(C)C(C)CO)cc1. The lowest BCUT2D eigenvalue weighted by Crippen LogP contribution is -2.14. The van der Waals surface area contributed by atoms with E-state index in [1.54, 1.807) is 12.1 Å². The van der Waals surface area contributed by atoms with Crippen molar-refractivity contribution < 1.29 is 14.6 Å². The lowest BCUT2D eigenvalue weighted by molar-refractivity contribution is 0.0600. The fourth-order valence-electron chi connectivity index (χ4n) is 1.65. The van der Waals surface area contributed by atoms with E-state index in [9.17, 15) is 4.79 Å². The van der Waals surface area contributed by atoms with Crippen LogP contribution in [0.1, 0.15) is 29.8 Å². The van der Waals surface area contributed by atoms with Crippen molar-refractivity contribution >= 4 is 5.97 Å². The molecule has 0 saturated carbocycles. The number of esters is 1. The van der Waals surface area contributed by atoms with E-state index >= 15 is 0 Å². The number of carbonyl (C=O) groups excluding carboxylic acids is 1. The van der Waals surface area contributed by atoms with Gasteiger partial charge in [0.15, 0.2) is 0 Å². The maximum atomic E-state index is 11.2. The van der Waals surface area contributed by atoms with Crippen molar-refractivity contribution in [1.29, 1.82) is 0 Å². The molecule has 0 aliphatic rings. The third kappa shape index (κ3) is 3.86. The summed E-state index contributed by atoms with van der Waals surface area (Å²) in [5.74, 6) is 0.396. The van der Waals surface area contributed by atoms with Gasteiger partial charge < -0.3 is 9.84 Å². The maximum Gasteiger partial charge on any atom is 0.337 e. The van der Waals surface area contributed by atoms with Crippen molar-refractivity contribution in [3.63, 3.8) is 0 Å². The number of ether oxygens (including phenoxy) is 1. The van der Waals surface area contributed by atoms with Crippen molar-refractivity contribution in [3.05, 3.63) is 35.4 Å². The molecule has 0 spiro atoms. The third-order valence-corrected chi connectivity index (χ3v) is 3.19. The Bertz CT molecular complexity index is 356. The number of rotatable bonds is 5. The van der Waals surface area contributed by atoms with E-state index in [4.69, 9.17) is 5.11 Å². The summed E-state index contributed by atoms with van der Waals surface area (Å²) in [5.41, 5.74) is 1.74. The summed E-state index contributed by atoms with van der Waals surface area (Å²) in [6, 6.07) is 7.43. The summed E-state index contributed by atoms with van der Waals surface area (Å²) in [5, 5.41) is 9.07. The van der Waals surface area contributed by atoms with E-state index < -0.39 is 0 Å².